The van der Waals surface area contributed by atoms with E-state index in [0.29, 0.717) is 17.7 Å². The standard InChI is InChI=1S/C14H22N2O2/c1-4-5-14(3,18)9-16-13(17)11-6-10(2)7-12(15)8-11/h6-8,18H,4-5,9,15H2,1-3H3,(H,16,17). The molecule has 0 saturated heterocycles. The predicted octanol–water partition coefficient (Wildman–Crippen LogP) is 1.86. The van der Waals surface area contributed by atoms with Gasteiger partial charge in [0.2, 0.25) is 0 Å². The zero-order valence-electron chi connectivity index (χ0n) is 11.3. The summed E-state index contributed by atoms with van der Waals surface area (Å²) in [5, 5.41) is 12.7. The van der Waals surface area contributed by atoms with Crippen LogP contribution in [0.2, 0.25) is 0 Å². The second kappa shape index (κ2) is 5.87. The van der Waals surface area contributed by atoms with Gasteiger partial charge in [0.25, 0.3) is 5.91 Å². The van der Waals surface area contributed by atoms with Gasteiger partial charge in [-0.1, -0.05) is 13.3 Å². The fourth-order valence-electron chi connectivity index (χ4n) is 1.94. The minimum atomic E-state index is -0.861. The number of nitrogen functional groups attached to an aromatic ring is 1. The zero-order valence-corrected chi connectivity index (χ0v) is 11.3. The summed E-state index contributed by atoms with van der Waals surface area (Å²) in [6.45, 7) is 5.85. The molecule has 1 atom stereocenters. The highest BCUT2D eigenvalue weighted by Crippen LogP contribution is 2.13. The lowest BCUT2D eigenvalue weighted by Crippen LogP contribution is -2.40. The van der Waals surface area contributed by atoms with Crippen molar-refractivity contribution in [1.29, 1.82) is 0 Å². The molecule has 1 rings (SSSR count). The average molecular weight is 250 g/mol. The Balaban J connectivity index is 2.66. The molecule has 0 fully saturated rings. The van der Waals surface area contributed by atoms with Gasteiger partial charge in [0, 0.05) is 17.8 Å². The van der Waals surface area contributed by atoms with E-state index >= 15 is 0 Å². The molecule has 0 aliphatic carbocycles. The van der Waals surface area contributed by atoms with Crippen LogP contribution in [-0.2, 0) is 0 Å². The zero-order chi connectivity index (χ0) is 13.8. The van der Waals surface area contributed by atoms with Gasteiger partial charge < -0.3 is 16.2 Å². The van der Waals surface area contributed by atoms with Gasteiger partial charge in [-0.15, -0.1) is 0 Å². The minimum Gasteiger partial charge on any atom is -0.399 e. The highest BCUT2D eigenvalue weighted by atomic mass is 16.3. The lowest BCUT2D eigenvalue weighted by molar-refractivity contribution is 0.0469. The first-order valence-corrected chi connectivity index (χ1v) is 6.22. The topological polar surface area (TPSA) is 75.3 Å². The van der Waals surface area contributed by atoms with Crippen LogP contribution < -0.4 is 11.1 Å². The largest absolute Gasteiger partial charge is 0.399 e. The lowest BCUT2D eigenvalue weighted by atomic mass is 10.0. The number of benzene rings is 1. The second-order valence-electron chi connectivity index (χ2n) is 5.06. The molecule has 0 aliphatic rings. The summed E-state index contributed by atoms with van der Waals surface area (Å²) in [4.78, 5) is 11.9. The van der Waals surface area contributed by atoms with Crippen LogP contribution in [0.1, 0.15) is 42.6 Å². The number of nitrogens with two attached hydrogens (primary N) is 1. The number of hydrogen-bond acceptors (Lipinski definition) is 3. The van der Waals surface area contributed by atoms with E-state index in [4.69, 9.17) is 5.73 Å². The fourth-order valence-corrected chi connectivity index (χ4v) is 1.94. The number of amides is 1. The van der Waals surface area contributed by atoms with E-state index in [1.807, 2.05) is 19.9 Å². The van der Waals surface area contributed by atoms with Crippen LogP contribution in [0.5, 0.6) is 0 Å². The molecule has 1 aromatic carbocycles. The van der Waals surface area contributed by atoms with E-state index < -0.39 is 5.60 Å². The van der Waals surface area contributed by atoms with Gasteiger partial charge in [-0.2, -0.15) is 0 Å². The SMILES string of the molecule is CCCC(C)(O)CNC(=O)c1cc(C)cc(N)c1. The number of hydrogen-bond donors (Lipinski definition) is 3. The molecule has 100 valence electrons. The Hall–Kier alpha value is -1.55. The van der Waals surface area contributed by atoms with E-state index in [1.54, 1.807) is 19.1 Å². The van der Waals surface area contributed by atoms with Gasteiger partial charge in [0.1, 0.15) is 0 Å². The van der Waals surface area contributed by atoms with Gasteiger partial charge in [-0.05, 0) is 44.0 Å². The summed E-state index contributed by atoms with van der Waals surface area (Å²) in [7, 11) is 0. The van der Waals surface area contributed by atoms with E-state index in [2.05, 4.69) is 5.32 Å². The Labute approximate surface area is 108 Å². The third kappa shape index (κ3) is 4.37. The maximum absolute atomic E-state index is 11.9. The van der Waals surface area contributed by atoms with Crippen LogP contribution in [-0.4, -0.2) is 23.2 Å². The van der Waals surface area contributed by atoms with Crippen molar-refractivity contribution >= 4 is 11.6 Å². The second-order valence-corrected chi connectivity index (χ2v) is 5.06. The summed E-state index contributed by atoms with van der Waals surface area (Å²) in [6, 6.07) is 5.22. The number of anilines is 1. The molecule has 0 spiro atoms. The highest BCUT2D eigenvalue weighted by molar-refractivity contribution is 5.95. The van der Waals surface area contributed by atoms with Gasteiger partial charge in [-0.3, -0.25) is 4.79 Å². The van der Waals surface area contributed by atoms with Crippen molar-refractivity contribution in [2.24, 2.45) is 0 Å². The van der Waals surface area contributed by atoms with Gasteiger partial charge in [0.15, 0.2) is 0 Å². The van der Waals surface area contributed by atoms with Crippen LogP contribution >= 0.6 is 0 Å². The molecule has 0 bridgehead atoms. The van der Waals surface area contributed by atoms with Crippen molar-refractivity contribution < 1.29 is 9.90 Å². The normalized spacial score (nSPS) is 14.0. The minimum absolute atomic E-state index is 0.207. The molecule has 4 heteroatoms. The maximum Gasteiger partial charge on any atom is 0.251 e. The monoisotopic (exact) mass is 250 g/mol. The fraction of sp³-hybridized carbons (Fsp3) is 0.500. The molecular weight excluding hydrogens is 228 g/mol. The summed E-state index contributed by atoms with van der Waals surface area (Å²) in [5.41, 5.74) is 6.88. The van der Waals surface area contributed by atoms with E-state index in [0.717, 1.165) is 12.0 Å². The number of rotatable bonds is 5. The number of aliphatic hydroxyl groups is 1. The molecule has 0 aromatic heterocycles. The Morgan fingerprint density at radius 1 is 1.44 bits per heavy atom. The highest BCUT2D eigenvalue weighted by Gasteiger charge is 2.20. The van der Waals surface area contributed by atoms with Crippen molar-refractivity contribution in [3.63, 3.8) is 0 Å². The van der Waals surface area contributed by atoms with Gasteiger partial charge >= 0.3 is 0 Å². The first-order chi connectivity index (χ1) is 8.34. The van der Waals surface area contributed by atoms with Crippen molar-refractivity contribution in [1.82, 2.24) is 5.32 Å². The first-order valence-electron chi connectivity index (χ1n) is 6.22. The molecule has 0 radical (unpaired) electrons. The van der Waals surface area contributed by atoms with Crippen LogP contribution in [0.3, 0.4) is 0 Å². The van der Waals surface area contributed by atoms with Gasteiger partial charge in [0.05, 0.1) is 5.60 Å². The third-order valence-corrected chi connectivity index (χ3v) is 2.78. The van der Waals surface area contributed by atoms with Crippen LogP contribution in [0.15, 0.2) is 18.2 Å². The molecule has 4 N–H and O–H groups in total. The van der Waals surface area contributed by atoms with E-state index in [-0.39, 0.29) is 12.5 Å². The molecule has 0 aliphatic heterocycles. The molecule has 1 amide bonds. The van der Waals surface area contributed by atoms with Crippen LogP contribution in [0, 0.1) is 6.92 Å². The molecule has 1 aromatic rings. The number of nitrogens with one attached hydrogen (secondary N) is 1. The number of carbonyl (C=O) groups is 1. The van der Waals surface area contributed by atoms with Gasteiger partial charge in [-0.25, -0.2) is 0 Å². The Morgan fingerprint density at radius 2 is 2.11 bits per heavy atom. The molecule has 4 nitrogen and oxygen atoms in total. The summed E-state index contributed by atoms with van der Waals surface area (Å²) in [6.07, 6.45) is 1.53. The quantitative estimate of drug-likeness (QED) is 0.698. The molecule has 0 heterocycles. The summed E-state index contributed by atoms with van der Waals surface area (Å²) < 4.78 is 0. The van der Waals surface area contributed by atoms with Crippen molar-refractivity contribution in [3.05, 3.63) is 29.3 Å². The number of carbonyl (C=O) groups excluding carboxylic acids is 1. The van der Waals surface area contributed by atoms with Crippen molar-refractivity contribution in [3.8, 4) is 0 Å². The van der Waals surface area contributed by atoms with Crippen molar-refractivity contribution in [2.45, 2.75) is 39.2 Å². The molecule has 1 unspecified atom stereocenters. The van der Waals surface area contributed by atoms with E-state index in [9.17, 15) is 9.90 Å². The Bertz CT molecular complexity index is 408. The molecule has 18 heavy (non-hydrogen) atoms. The predicted molar refractivity (Wildman–Crippen MR) is 73.5 cm³/mol. The Morgan fingerprint density at radius 3 is 2.67 bits per heavy atom. The van der Waals surface area contributed by atoms with Crippen molar-refractivity contribution in [2.75, 3.05) is 12.3 Å². The smallest absolute Gasteiger partial charge is 0.251 e. The molecule has 0 saturated carbocycles. The maximum atomic E-state index is 11.9. The van der Waals surface area contributed by atoms with Crippen LogP contribution in [0.4, 0.5) is 5.69 Å². The summed E-state index contributed by atoms with van der Waals surface area (Å²) >= 11 is 0. The number of aryl methyl sites for hydroxylation is 1. The third-order valence-electron chi connectivity index (χ3n) is 2.78. The summed E-state index contributed by atoms with van der Waals surface area (Å²) in [5.74, 6) is -0.207. The molecular formula is C14H22N2O2. The van der Waals surface area contributed by atoms with Crippen LogP contribution in [0.25, 0.3) is 0 Å². The first kappa shape index (κ1) is 14.5. The lowest BCUT2D eigenvalue weighted by Gasteiger charge is -2.23. The average Bonchev–Trinajstić information content (AvgIpc) is 2.24. The van der Waals surface area contributed by atoms with E-state index in [1.165, 1.54) is 0 Å². The Kier molecular flexibility index (Phi) is 4.73.